The van der Waals surface area contributed by atoms with Crippen molar-refractivity contribution in [2.45, 2.75) is 13.0 Å². The van der Waals surface area contributed by atoms with Crippen LogP contribution in [0.2, 0.25) is 5.02 Å². The monoisotopic (exact) mass is 321 g/mol. The third-order valence-corrected chi connectivity index (χ3v) is 4.93. The molecule has 0 radical (unpaired) electrons. The maximum atomic E-state index is 12.6. The Hall–Kier alpha value is -1.43. The first kappa shape index (κ1) is 14.5. The van der Waals surface area contributed by atoms with Crippen LogP contribution in [0.25, 0.3) is 10.6 Å². The largest absolute Gasteiger partial charge is 0.333 e. The van der Waals surface area contributed by atoms with Crippen molar-refractivity contribution in [1.82, 2.24) is 15.2 Å². The molecule has 1 aromatic carbocycles. The summed E-state index contributed by atoms with van der Waals surface area (Å²) in [5, 5.41) is 4.72. The number of aromatic nitrogens is 1. The van der Waals surface area contributed by atoms with Crippen LogP contribution in [0.1, 0.15) is 16.6 Å². The van der Waals surface area contributed by atoms with Crippen molar-refractivity contribution in [3.05, 3.63) is 40.4 Å². The van der Waals surface area contributed by atoms with E-state index < -0.39 is 0 Å². The van der Waals surface area contributed by atoms with Crippen molar-refractivity contribution < 1.29 is 4.79 Å². The molecule has 3 rings (SSSR count). The molecular weight excluding hydrogens is 306 g/mol. The highest BCUT2D eigenvalue weighted by atomic mass is 35.5. The molecule has 1 aliphatic rings. The molecular formula is C15H16ClN3OS. The molecule has 6 heteroatoms. The van der Waals surface area contributed by atoms with Gasteiger partial charge in [0, 0.05) is 31.2 Å². The van der Waals surface area contributed by atoms with Crippen LogP contribution in [0.3, 0.4) is 0 Å². The van der Waals surface area contributed by atoms with Crippen LogP contribution in [-0.2, 0) is 0 Å². The fourth-order valence-corrected chi connectivity index (χ4v) is 3.61. The van der Waals surface area contributed by atoms with Crippen LogP contribution >= 0.6 is 22.9 Å². The summed E-state index contributed by atoms with van der Waals surface area (Å²) in [6.07, 6.45) is 1.65. The van der Waals surface area contributed by atoms with Crippen molar-refractivity contribution >= 4 is 28.8 Å². The quantitative estimate of drug-likeness (QED) is 0.925. The minimum absolute atomic E-state index is 0.0554. The molecule has 1 aromatic heterocycles. The number of carbonyl (C=O) groups excluding carboxylic acids is 1. The first-order valence-electron chi connectivity index (χ1n) is 6.89. The normalized spacial score (nSPS) is 18.8. The molecule has 21 heavy (non-hydrogen) atoms. The van der Waals surface area contributed by atoms with E-state index in [2.05, 4.69) is 17.2 Å². The summed E-state index contributed by atoms with van der Waals surface area (Å²) in [7, 11) is 0. The summed E-state index contributed by atoms with van der Waals surface area (Å²) in [5.74, 6) is 0.0554. The Labute approximate surface area is 132 Å². The number of nitrogens with zero attached hydrogens (tertiary/aromatic N) is 2. The van der Waals surface area contributed by atoms with Crippen LogP contribution < -0.4 is 5.32 Å². The van der Waals surface area contributed by atoms with Crippen LogP contribution in [0.5, 0.6) is 0 Å². The predicted molar refractivity (Wildman–Crippen MR) is 85.9 cm³/mol. The zero-order chi connectivity index (χ0) is 14.8. The summed E-state index contributed by atoms with van der Waals surface area (Å²) in [4.78, 5) is 19.5. The number of rotatable bonds is 2. The van der Waals surface area contributed by atoms with Crippen LogP contribution in [0.15, 0.2) is 30.5 Å². The molecule has 1 saturated heterocycles. The number of hydrogen-bond donors (Lipinski definition) is 1. The van der Waals surface area contributed by atoms with E-state index in [1.807, 2.05) is 29.2 Å². The molecule has 2 aromatic rings. The molecule has 4 nitrogen and oxygen atoms in total. The molecule has 1 aliphatic heterocycles. The van der Waals surface area contributed by atoms with E-state index in [4.69, 9.17) is 11.6 Å². The Balaban J connectivity index is 1.85. The molecule has 0 saturated carbocycles. The van der Waals surface area contributed by atoms with Gasteiger partial charge in [-0.15, -0.1) is 11.3 Å². The van der Waals surface area contributed by atoms with Crippen molar-refractivity contribution in [3.8, 4) is 10.6 Å². The fraction of sp³-hybridized carbons (Fsp3) is 0.333. The van der Waals surface area contributed by atoms with E-state index in [-0.39, 0.29) is 11.9 Å². The number of hydrogen-bond acceptors (Lipinski definition) is 4. The van der Waals surface area contributed by atoms with Gasteiger partial charge in [0.2, 0.25) is 0 Å². The van der Waals surface area contributed by atoms with Gasteiger partial charge in [0.05, 0.1) is 11.2 Å². The summed E-state index contributed by atoms with van der Waals surface area (Å²) in [6.45, 7) is 4.47. The van der Waals surface area contributed by atoms with E-state index in [9.17, 15) is 4.79 Å². The average molecular weight is 322 g/mol. The van der Waals surface area contributed by atoms with Gasteiger partial charge < -0.3 is 10.2 Å². The number of carbonyl (C=O) groups is 1. The number of nitrogens with one attached hydrogen (secondary N) is 1. The average Bonchev–Trinajstić information content (AvgIpc) is 2.97. The third-order valence-electron chi connectivity index (χ3n) is 3.58. The maximum Gasteiger partial charge on any atom is 0.265 e. The summed E-state index contributed by atoms with van der Waals surface area (Å²) in [6, 6.07) is 7.76. The molecule has 1 N–H and O–H groups in total. The molecule has 0 bridgehead atoms. The Morgan fingerprint density at radius 1 is 1.48 bits per heavy atom. The lowest BCUT2D eigenvalue weighted by Crippen LogP contribution is -2.52. The maximum absolute atomic E-state index is 12.6. The van der Waals surface area contributed by atoms with Gasteiger partial charge in [-0.05, 0) is 13.0 Å². The number of thiazole rings is 1. The van der Waals surface area contributed by atoms with E-state index in [0.717, 1.165) is 30.2 Å². The minimum atomic E-state index is 0.0554. The van der Waals surface area contributed by atoms with Gasteiger partial charge in [0.1, 0.15) is 9.88 Å². The molecule has 1 fully saturated rings. The van der Waals surface area contributed by atoms with Crippen molar-refractivity contribution in [3.63, 3.8) is 0 Å². The lowest BCUT2D eigenvalue weighted by Gasteiger charge is -2.33. The molecule has 2 heterocycles. The Morgan fingerprint density at radius 2 is 2.29 bits per heavy atom. The highest BCUT2D eigenvalue weighted by Crippen LogP contribution is 2.31. The standard InChI is InChI=1S/C15H16ClN3OS/c1-10-8-17-6-7-19(10)15(20)13-9-18-14(21-13)11-4-2-3-5-12(11)16/h2-5,9-10,17H,6-8H2,1H3/t10-/m1/s1. The lowest BCUT2D eigenvalue weighted by molar-refractivity contribution is 0.0660. The fourth-order valence-electron chi connectivity index (χ4n) is 2.42. The first-order valence-corrected chi connectivity index (χ1v) is 8.08. The van der Waals surface area contributed by atoms with Gasteiger partial charge in [0.15, 0.2) is 0 Å². The zero-order valence-electron chi connectivity index (χ0n) is 11.7. The summed E-state index contributed by atoms with van der Waals surface area (Å²) >= 11 is 7.58. The highest BCUT2D eigenvalue weighted by molar-refractivity contribution is 7.17. The van der Waals surface area contributed by atoms with E-state index >= 15 is 0 Å². The number of amides is 1. The molecule has 1 amide bonds. The van der Waals surface area contributed by atoms with Gasteiger partial charge in [0.25, 0.3) is 5.91 Å². The van der Waals surface area contributed by atoms with E-state index in [0.29, 0.717) is 9.90 Å². The van der Waals surface area contributed by atoms with Crippen molar-refractivity contribution in [1.29, 1.82) is 0 Å². The van der Waals surface area contributed by atoms with Gasteiger partial charge in [-0.25, -0.2) is 4.98 Å². The Bertz CT molecular complexity index is 658. The van der Waals surface area contributed by atoms with Gasteiger partial charge in [-0.3, -0.25) is 4.79 Å². The smallest absolute Gasteiger partial charge is 0.265 e. The van der Waals surface area contributed by atoms with Crippen molar-refractivity contribution in [2.24, 2.45) is 0 Å². The molecule has 0 unspecified atom stereocenters. The molecule has 1 atom stereocenters. The second kappa shape index (κ2) is 6.13. The van der Waals surface area contributed by atoms with Crippen LogP contribution in [-0.4, -0.2) is 41.5 Å². The van der Waals surface area contributed by atoms with E-state index in [1.165, 1.54) is 11.3 Å². The van der Waals surface area contributed by atoms with Crippen molar-refractivity contribution in [2.75, 3.05) is 19.6 Å². The van der Waals surface area contributed by atoms with Crippen LogP contribution in [0, 0.1) is 0 Å². The second-order valence-corrected chi connectivity index (χ2v) is 6.50. The molecule has 0 aliphatic carbocycles. The molecule has 110 valence electrons. The Morgan fingerprint density at radius 3 is 3.05 bits per heavy atom. The number of piperazine rings is 1. The third kappa shape index (κ3) is 2.95. The second-order valence-electron chi connectivity index (χ2n) is 5.06. The summed E-state index contributed by atoms with van der Waals surface area (Å²) < 4.78 is 0. The summed E-state index contributed by atoms with van der Waals surface area (Å²) in [5.41, 5.74) is 0.872. The topological polar surface area (TPSA) is 45.2 Å². The SMILES string of the molecule is C[C@@H]1CNCCN1C(=O)c1cnc(-c2ccccc2Cl)s1. The highest BCUT2D eigenvalue weighted by Gasteiger charge is 2.25. The van der Waals surface area contributed by atoms with E-state index in [1.54, 1.807) is 6.20 Å². The molecule has 0 spiro atoms. The Kier molecular flexibility index (Phi) is 4.24. The van der Waals surface area contributed by atoms with Gasteiger partial charge in [-0.1, -0.05) is 29.8 Å². The van der Waals surface area contributed by atoms with Gasteiger partial charge in [-0.2, -0.15) is 0 Å². The predicted octanol–water partition coefficient (Wildman–Crippen LogP) is 2.90. The zero-order valence-corrected chi connectivity index (χ0v) is 13.2. The first-order chi connectivity index (χ1) is 10.2. The van der Waals surface area contributed by atoms with Crippen LogP contribution in [0.4, 0.5) is 0 Å². The number of halogens is 1. The minimum Gasteiger partial charge on any atom is -0.333 e. The lowest BCUT2D eigenvalue weighted by atomic mass is 10.2. The number of benzene rings is 1. The van der Waals surface area contributed by atoms with Gasteiger partial charge >= 0.3 is 0 Å².